The predicted molar refractivity (Wildman–Crippen MR) is 118 cm³/mol. The number of nitrogens with one attached hydrogen (secondary N) is 1. The molecule has 2 aromatic rings. The van der Waals surface area contributed by atoms with Crippen molar-refractivity contribution < 1.29 is 4.79 Å². The lowest BCUT2D eigenvalue weighted by Gasteiger charge is -2.33. The number of carbonyl (C=O) groups is 1. The highest BCUT2D eigenvalue weighted by atomic mass is 16.1. The first-order valence-corrected chi connectivity index (χ1v) is 10.6. The standard InChI is InChI=1S/C25H36N2O/c1-24(2,3)18-25(4,5)26-23(28)15-16-27(21-13-14-21)17-20-11-8-10-19-9-6-7-12-22(19)20/h6-12,21H,13-18H2,1-5H3,(H,26,28). The largest absolute Gasteiger partial charge is 0.351 e. The van der Waals surface area contributed by atoms with Crippen molar-refractivity contribution in [2.24, 2.45) is 5.41 Å². The molecule has 1 aliphatic carbocycles. The van der Waals surface area contributed by atoms with Crippen LogP contribution in [0.2, 0.25) is 0 Å². The maximum absolute atomic E-state index is 12.6. The van der Waals surface area contributed by atoms with E-state index in [2.05, 4.69) is 87.3 Å². The van der Waals surface area contributed by atoms with Crippen LogP contribution in [0.4, 0.5) is 0 Å². The van der Waals surface area contributed by atoms with Gasteiger partial charge in [0.25, 0.3) is 0 Å². The molecule has 1 saturated carbocycles. The highest BCUT2D eigenvalue weighted by Crippen LogP contribution is 2.30. The summed E-state index contributed by atoms with van der Waals surface area (Å²) in [7, 11) is 0. The SMILES string of the molecule is CC(C)(C)CC(C)(C)NC(=O)CCN(Cc1cccc2ccccc12)C1CC1. The molecular weight excluding hydrogens is 344 g/mol. The average molecular weight is 381 g/mol. The molecule has 1 fully saturated rings. The van der Waals surface area contributed by atoms with Crippen LogP contribution in [-0.4, -0.2) is 28.9 Å². The summed E-state index contributed by atoms with van der Waals surface area (Å²) in [4.78, 5) is 15.1. The van der Waals surface area contributed by atoms with Gasteiger partial charge in [-0.1, -0.05) is 63.2 Å². The number of fused-ring (bicyclic) bond motifs is 1. The van der Waals surface area contributed by atoms with E-state index < -0.39 is 0 Å². The van der Waals surface area contributed by atoms with Gasteiger partial charge in [-0.15, -0.1) is 0 Å². The molecule has 28 heavy (non-hydrogen) atoms. The van der Waals surface area contributed by atoms with Crippen LogP contribution in [0, 0.1) is 5.41 Å². The second-order valence-corrected chi connectivity index (χ2v) is 10.3. The topological polar surface area (TPSA) is 32.3 Å². The van der Waals surface area contributed by atoms with Crippen molar-refractivity contribution in [1.82, 2.24) is 10.2 Å². The molecule has 0 atom stereocenters. The molecule has 0 aromatic heterocycles. The summed E-state index contributed by atoms with van der Waals surface area (Å²) >= 11 is 0. The lowest BCUT2D eigenvalue weighted by Crippen LogP contribution is -2.46. The molecule has 3 nitrogen and oxygen atoms in total. The van der Waals surface area contributed by atoms with Crippen LogP contribution >= 0.6 is 0 Å². The molecule has 0 radical (unpaired) electrons. The fraction of sp³-hybridized carbons (Fsp3) is 0.560. The summed E-state index contributed by atoms with van der Waals surface area (Å²) in [5, 5.41) is 5.87. The maximum Gasteiger partial charge on any atom is 0.221 e. The smallest absolute Gasteiger partial charge is 0.221 e. The summed E-state index contributed by atoms with van der Waals surface area (Å²) in [6.45, 7) is 12.7. The van der Waals surface area contributed by atoms with E-state index in [9.17, 15) is 4.79 Å². The van der Waals surface area contributed by atoms with Crippen molar-refractivity contribution in [3.63, 3.8) is 0 Å². The van der Waals surface area contributed by atoms with Crippen LogP contribution in [0.1, 0.15) is 65.9 Å². The van der Waals surface area contributed by atoms with Gasteiger partial charge >= 0.3 is 0 Å². The summed E-state index contributed by atoms with van der Waals surface area (Å²) < 4.78 is 0. The highest BCUT2D eigenvalue weighted by Gasteiger charge is 2.31. The quantitative estimate of drug-likeness (QED) is 0.653. The molecule has 0 aliphatic heterocycles. The number of hydrogen-bond donors (Lipinski definition) is 1. The van der Waals surface area contributed by atoms with Crippen molar-refractivity contribution in [3.8, 4) is 0 Å². The first-order valence-electron chi connectivity index (χ1n) is 10.6. The minimum Gasteiger partial charge on any atom is -0.351 e. The third kappa shape index (κ3) is 6.07. The minimum absolute atomic E-state index is 0.165. The van der Waals surface area contributed by atoms with Crippen LogP contribution in [0.15, 0.2) is 42.5 Å². The summed E-state index contributed by atoms with van der Waals surface area (Å²) in [5.41, 5.74) is 1.39. The van der Waals surface area contributed by atoms with Gasteiger partial charge in [0.1, 0.15) is 0 Å². The van der Waals surface area contributed by atoms with Crippen molar-refractivity contribution in [2.45, 2.75) is 78.4 Å². The van der Waals surface area contributed by atoms with Gasteiger partial charge < -0.3 is 5.32 Å². The number of rotatable bonds is 8. The van der Waals surface area contributed by atoms with Crippen LogP contribution in [0.5, 0.6) is 0 Å². The van der Waals surface area contributed by atoms with E-state index in [0.29, 0.717) is 12.5 Å². The Morgan fingerprint density at radius 2 is 1.71 bits per heavy atom. The van der Waals surface area contributed by atoms with Gasteiger partial charge in [0.05, 0.1) is 0 Å². The second kappa shape index (κ2) is 8.24. The summed E-state index contributed by atoms with van der Waals surface area (Å²) in [6, 6.07) is 15.8. The van der Waals surface area contributed by atoms with Crippen LogP contribution < -0.4 is 5.32 Å². The number of carbonyl (C=O) groups excluding carboxylic acids is 1. The van der Waals surface area contributed by atoms with E-state index in [0.717, 1.165) is 19.5 Å². The highest BCUT2D eigenvalue weighted by molar-refractivity contribution is 5.85. The zero-order valence-corrected chi connectivity index (χ0v) is 18.2. The zero-order chi connectivity index (χ0) is 20.4. The Bertz CT molecular complexity index is 809. The Balaban J connectivity index is 1.60. The summed E-state index contributed by atoms with van der Waals surface area (Å²) in [6.07, 6.45) is 4.03. The van der Waals surface area contributed by atoms with Crippen molar-refractivity contribution >= 4 is 16.7 Å². The Hall–Kier alpha value is -1.87. The Kier molecular flexibility index (Phi) is 6.14. The molecule has 152 valence electrons. The zero-order valence-electron chi connectivity index (χ0n) is 18.2. The Labute approximate surface area is 170 Å². The van der Waals surface area contributed by atoms with Gasteiger partial charge in [0.15, 0.2) is 0 Å². The fourth-order valence-corrected chi connectivity index (χ4v) is 4.53. The average Bonchev–Trinajstić information content (AvgIpc) is 3.41. The molecule has 0 saturated heterocycles. The number of amides is 1. The van der Waals surface area contributed by atoms with Crippen LogP contribution in [0.25, 0.3) is 10.8 Å². The van der Waals surface area contributed by atoms with Crippen molar-refractivity contribution in [2.75, 3.05) is 6.54 Å². The monoisotopic (exact) mass is 380 g/mol. The van der Waals surface area contributed by atoms with Gasteiger partial charge in [-0.2, -0.15) is 0 Å². The molecule has 2 aromatic carbocycles. The second-order valence-electron chi connectivity index (χ2n) is 10.3. The maximum atomic E-state index is 12.6. The molecule has 0 bridgehead atoms. The van der Waals surface area contributed by atoms with Crippen molar-refractivity contribution in [1.29, 1.82) is 0 Å². The van der Waals surface area contributed by atoms with Gasteiger partial charge in [0.2, 0.25) is 5.91 Å². The molecule has 3 rings (SSSR count). The lowest BCUT2D eigenvalue weighted by atomic mass is 9.82. The molecule has 3 heteroatoms. The third-order valence-corrected chi connectivity index (χ3v) is 5.39. The number of nitrogens with zero attached hydrogens (tertiary/aromatic N) is 1. The van der Waals surface area contributed by atoms with E-state index in [1.807, 2.05) is 0 Å². The number of hydrogen-bond acceptors (Lipinski definition) is 2. The normalized spacial score (nSPS) is 15.2. The molecule has 1 N–H and O–H groups in total. The number of benzene rings is 2. The fourth-order valence-electron chi connectivity index (χ4n) is 4.53. The van der Waals surface area contributed by atoms with E-state index in [-0.39, 0.29) is 16.9 Å². The first kappa shape index (κ1) is 20.9. The molecular formula is C25H36N2O. The van der Waals surface area contributed by atoms with E-state index >= 15 is 0 Å². The minimum atomic E-state index is -0.171. The Morgan fingerprint density at radius 3 is 2.39 bits per heavy atom. The van der Waals surface area contributed by atoms with Crippen LogP contribution in [-0.2, 0) is 11.3 Å². The van der Waals surface area contributed by atoms with Gasteiger partial charge in [-0.25, -0.2) is 0 Å². The summed E-state index contributed by atoms with van der Waals surface area (Å²) in [5.74, 6) is 0.165. The van der Waals surface area contributed by atoms with Crippen molar-refractivity contribution in [3.05, 3.63) is 48.0 Å². The molecule has 1 aliphatic rings. The van der Waals surface area contributed by atoms with Crippen LogP contribution in [0.3, 0.4) is 0 Å². The lowest BCUT2D eigenvalue weighted by molar-refractivity contribution is -0.123. The third-order valence-electron chi connectivity index (χ3n) is 5.39. The van der Waals surface area contributed by atoms with Gasteiger partial charge in [-0.3, -0.25) is 9.69 Å². The van der Waals surface area contributed by atoms with E-state index in [1.54, 1.807) is 0 Å². The molecule has 0 heterocycles. The first-order chi connectivity index (χ1) is 13.1. The van der Waals surface area contributed by atoms with Gasteiger partial charge in [0, 0.05) is 31.1 Å². The predicted octanol–water partition coefficient (Wildman–Crippen LogP) is 5.53. The molecule has 0 spiro atoms. The van der Waals surface area contributed by atoms with E-state index in [1.165, 1.54) is 29.2 Å². The molecule has 0 unspecified atom stereocenters. The molecule has 1 amide bonds. The van der Waals surface area contributed by atoms with E-state index in [4.69, 9.17) is 0 Å². The Morgan fingerprint density at radius 1 is 1.04 bits per heavy atom. The van der Waals surface area contributed by atoms with Gasteiger partial charge in [-0.05, 0) is 54.9 Å².